The van der Waals surface area contributed by atoms with Crippen LogP contribution in [0, 0.1) is 6.92 Å². The fourth-order valence-corrected chi connectivity index (χ4v) is 3.90. The van der Waals surface area contributed by atoms with Gasteiger partial charge in [0.1, 0.15) is 22.1 Å². The molecule has 11 nitrogen and oxygen atoms in total. The fraction of sp³-hybridized carbons (Fsp3) is 0.143. The number of hydrogen-bond donors (Lipinski definition) is 3. The summed E-state index contributed by atoms with van der Waals surface area (Å²) in [7, 11) is -3.07. The number of hydrogen-bond acceptors (Lipinski definition) is 12. The van der Waals surface area contributed by atoms with Crippen LogP contribution < -0.4 is 9.47 Å². The summed E-state index contributed by atoms with van der Waals surface area (Å²) in [6, 6.07) is 16.4. The summed E-state index contributed by atoms with van der Waals surface area (Å²) in [5.41, 5.74) is 2.03. The Hall–Kier alpha value is -2.37. The van der Waals surface area contributed by atoms with Gasteiger partial charge in [-0.3, -0.25) is 4.55 Å². The van der Waals surface area contributed by atoms with Gasteiger partial charge in [-0.1, -0.05) is 34.3 Å². The Bertz CT molecular complexity index is 1200. The number of aryl methyl sites for hydroxylation is 1. The van der Waals surface area contributed by atoms with Gasteiger partial charge in [0.05, 0.1) is 19.2 Å². The maximum absolute atomic E-state index is 12.0. The van der Waals surface area contributed by atoms with Crippen molar-refractivity contribution >= 4 is 34.2 Å². The predicted octanol–water partition coefficient (Wildman–Crippen LogP) is 5.82. The SMILES string of the molecule is COc1cccc(Oc2ccc(-c3ccc(C)c(SOOO)c3)cc2S(=O)(=O)O)c1.CSOOO. The van der Waals surface area contributed by atoms with Crippen molar-refractivity contribution in [2.75, 3.05) is 13.4 Å². The molecule has 0 spiro atoms. The molecule has 0 heterocycles. The van der Waals surface area contributed by atoms with E-state index in [2.05, 4.69) is 18.7 Å². The first-order valence-corrected chi connectivity index (χ1v) is 12.8. The lowest BCUT2D eigenvalue weighted by molar-refractivity contribution is -0.432. The molecule has 0 aliphatic carbocycles. The van der Waals surface area contributed by atoms with Crippen LogP contribution in [0.3, 0.4) is 0 Å². The normalized spacial score (nSPS) is 10.9. The molecule has 3 N–H and O–H groups in total. The van der Waals surface area contributed by atoms with Gasteiger partial charge in [-0.05, 0) is 53.9 Å². The third-order valence-corrected chi connectivity index (χ3v) is 6.08. The first-order chi connectivity index (χ1) is 16.7. The molecule has 0 amide bonds. The van der Waals surface area contributed by atoms with Crippen molar-refractivity contribution in [2.24, 2.45) is 0 Å². The molecule has 0 atom stereocenters. The van der Waals surface area contributed by atoms with E-state index in [1.54, 1.807) is 54.8 Å². The highest BCUT2D eigenvalue weighted by Crippen LogP contribution is 2.35. The number of benzene rings is 3. The number of methoxy groups -OCH3 is 1. The smallest absolute Gasteiger partial charge is 0.298 e. The highest BCUT2D eigenvalue weighted by atomic mass is 32.2. The van der Waals surface area contributed by atoms with Crippen LogP contribution in [0.2, 0.25) is 0 Å². The summed E-state index contributed by atoms with van der Waals surface area (Å²) in [6.45, 7) is 1.83. The minimum Gasteiger partial charge on any atom is -0.497 e. The van der Waals surface area contributed by atoms with Crippen molar-refractivity contribution in [3.63, 3.8) is 0 Å². The minimum absolute atomic E-state index is 0.0340. The third kappa shape index (κ3) is 8.97. The molecular weight excluding hydrogens is 524 g/mol. The zero-order chi connectivity index (χ0) is 25.8. The highest BCUT2D eigenvalue weighted by molar-refractivity contribution is 7.94. The summed E-state index contributed by atoms with van der Waals surface area (Å²) in [4.78, 5) is 0.263. The molecule has 0 bridgehead atoms. The summed E-state index contributed by atoms with van der Waals surface area (Å²) in [5.74, 6) is 0.853. The molecule has 3 rings (SSSR count). The third-order valence-electron chi connectivity index (χ3n) is 4.26. The van der Waals surface area contributed by atoms with Crippen molar-refractivity contribution in [2.45, 2.75) is 16.7 Å². The van der Waals surface area contributed by atoms with Crippen LogP contribution in [0.25, 0.3) is 11.1 Å². The van der Waals surface area contributed by atoms with E-state index in [-0.39, 0.29) is 10.6 Å². The van der Waals surface area contributed by atoms with Gasteiger partial charge in [-0.25, -0.2) is 10.5 Å². The fourth-order valence-electron chi connectivity index (χ4n) is 2.72. The molecule has 0 aliphatic heterocycles. The second-order valence-electron chi connectivity index (χ2n) is 6.43. The summed E-state index contributed by atoms with van der Waals surface area (Å²) < 4.78 is 52.8. The van der Waals surface area contributed by atoms with Crippen molar-refractivity contribution in [3.8, 4) is 28.4 Å². The van der Waals surface area contributed by atoms with Crippen molar-refractivity contribution in [1.82, 2.24) is 0 Å². The average Bonchev–Trinajstić information content (AvgIpc) is 2.84. The van der Waals surface area contributed by atoms with Gasteiger partial charge in [-0.15, -0.1) is 8.67 Å². The molecule has 0 aromatic heterocycles. The van der Waals surface area contributed by atoms with Gasteiger partial charge in [0.2, 0.25) is 0 Å². The van der Waals surface area contributed by atoms with Gasteiger partial charge in [0, 0.05) is 29.3 Å². The van der Waals surface area contributed by atoms with E-state index < -0.39 is 10.1 Å². The lowest BCUT2D eigenvalue weighted by Gasteiger charge is -2.13. The quantitative estimate of drug-likeness (QED) is 0.121. The topological polar surface area (TPSA) is 150 Å². The Morgan fingerprint density at radius 2 is 1.51 bits per heavy atom. The van der Waals surface area contributed by atoms with Crippen molar-refractivity contribution in [3.05, 3.63) is 66.2 Å². The van der Waals surface area contributed by atoms with E-state index in [0.717, 1.165) is 29.6 Å². The van der Waals surface area contributed by atoms with Gasteiger partial charge >= 0.3 is 0 Å². The Kier molecular flexibility index (Phi) is 11.8. The Morgan fingerprint density at radius 1 is 0.857 bits per heavy atom. The Morgan fingerprint density at radius 3 is 2.11 bits per heavy atom. The van der Waals surface area contributed by atoms with Crippen LogP contribution in [0.5, 0.6) is 17.2 Å². The Labute approximate surface area is 210 Å². The zero-order valence-corrected chi connectivity index (χ0v) is 21.1. The summed E-state index contributed by atoms with van der Waals surface area (Å²) in [5, 5.41) is 22.5. The van der Waals surface area contributed by atoms with Crippen molar-refractivity contribution < 1.29 is 51.7 Å². The van der Waals surface area contributed by atoms with Crippen LogP contribution in [0.15, 0.2) is 70.5 Å². The van der Waals surface area contributed by atoms with Crippen LogP contribution in [0.4, 0.5) is 0 Å². The van der Waals surface area contributed by atoms with Gasteiger partial charge in [0.15, 0.2) is 0 Å². The molecule has 190 valence electrons. The summed E-state index contributed by atoms with van der Waals surface area (Å²) in [6.07, 6.45) is 1.62. The first-order valence-electron chi connectivity index (χ1n) is 9.43. The molecular formula is C21H22O11S3. The Balaban J connectivity index is 0.000000784. The van der Waals surface area contributed by atoms with E-state index in [9.17, 15) is 13.0 Å². The second-order valence-corrected chi connectivity index (χ2v) is 9.04. The van der Waals surface area contributed by atoms with E-state index in [0.29, 0.717) is 27.5 Å². The monoisotopic (exact) mass is 546 g/mol. The second kappa shape index (κ2) is 14.3. The van der Waals surface area contributed by atoms with E-state index >= 15 is 0 Å². The maximum atomic E-state index is 12.0. The van der Waals surface area contributed by atoms with E-state index in [1.165, 1.54) is 19.2 Å². The maximum Gasteiger partial charge on any atom is 0.298 e. The molecule has 14 heteroatoms. The lowest BCUT2D eigenvalue weighted by Crippen LogP contribution is -2.02. The average molecular weight is 547 g/mol. The van der Waals surface area contributed by atoms with Crippen LogP contribution >= 0.6 is 24.1 Å². The molecule has 3 aromatic carbocycles. The molecule has 3 aromatic rings. The van der Waals surface area contributed by atoms with Gasteiger partial charge in [0.25, 0.3) is 10.1 Å². The van der Waals surface area contributed by atoms with Crippen LogP contribution in [0.1, 0.15) is 5.56 Å². The standard InChI is InChI=1S/C20H18O8S2.CH4O3S/c1-13-6-7-14(10-19(13)29-28-27-21)15-8-9-18(20(11-15)30(22,23)24)26-17-5-3-4-16(12-17)25-2;1-5-4-3-2/h3-12,21H,1-2H3,(H,22,23,24);2H,1H3. The largest absolute Gasteiger partial charge is 0.497 e. The molecule has 0 saturated heterocycles. The van der Waals surface area contributed by atoms with Gasteiger partial charge in [-0.2, -0.15) is 8.42 Å². The molecule has 35 heavy (non-hydrogen) atoms. The highest BCUT2D eigenvalue weighted by Gasteiger charge is 2.19. The molecule has 0 aliphatic rings. The van der Waals surface area contributed by atoms with Crippen LogP contribution in [-0.2, 0) is 28.9 Å². The molecule has 0 radical (unpaired) electrons. The molecule has 0 unspecified atom stereocenters. The van der Waals surface area contributed by atoms with Gasteiger partial charge < -0.3 is 9.47 Å². The number of ether oxygens (including phenoxy) is 2. The minimum atomic E-state index is -4.57. The van der Waals surface area contributed by atoms with E-state index in [4.69, 9.17) is 20.0 Å². The zero-order valence-electron chi connectivity index (χ0n) is 18.6. The molecule has 0 fully saturated rings. The van der Waals surface area contributed by atoms with Crippen molar-refractivity contribution in [1.29, 1.82) is 0 Å². The molecule has 0 saturated carbocycles. The predicted molar refractivity (Wildman–Crippen MR) is 128 cm³/mol. The first kappa shape index (κ1) is 28.9. The van der Waals surface area contributed by atoms with E-state index in [1.807, 2.05) is 6.92 Å². The lowest BCUT2D eigenvalue weighted by atomic mass is 10.0. The summed E-state index contributed by atoms with van der Waals surface area (Å²) >= 11 is 1.73. The van der Waals surface area contributed by atoms with Crippen LogP contribution in [-0.4, -0.2) is 36.9 Å². The number of rotatable bonds is 10.